The summed E-state index contributed by atoms with van der Waals surface area (Å²) in [5.41, 5.74) is 0. The summed E-state index contributed by atoms with van der Waals surface area (Å²) in [4.78, 5) is 12.5. The lowest BCUT2D eigenvalue weighted by molar-refractivity contribution is -0.111. The van der Waals surface area contributed by atoms with Crippen molar-refractivity contribution in [2.45, 2.75) is 19.4 Å². The van der Waals surface area contributed by atoms with Gasteiger partial charge >= 0.3 is 0 Å². The predicted octanol–water partition coefficient (Wildman–Crippen LogP) is -0.112. The van der Waals surface area contributed by atoms with Gasteiger partial charge in [0.15, 0.2) is 0 Å². The summed E-state index contributed by atoms with van der Waals surface area (Å²) in [5.74, 6) is 0.386. The molecule has 0 aliphatic carbocycles. The summed E-state index contributed by atoms with van der Waals surface area (Å²) >= 11 is 0. The second-order valence-electron chi connectivity index (χ2n) is 3.21. The van der Waals surface area contributed by atoms with E-state index in [1.807, 2.05) is 6.92 Å². The van der Waals surface area contributed by atoms with E-state index in [9.17, 15) is 4.79 Å². The minimum absolute atomic E-state index is 0.0200. The van der Waals surface area contributed by atoms with Gasteiger partial charge in [-0.2, -0.15) is 0 Å². The van der Waals surface area contributed by atoms with Crippen LogP contribution in [0.2, 0.25) is 0 Å². The molecule has 3 heteroatoms. The molecule has 1 N–H and O–H groups in total. The van der Waals surface area contributed by atoms with Crippen LogP contribution in [0, 0.1) is 5.92 Å². The van der Waals surface area contributed by atoms with Gasteiger partial charge in [0.25, 0.3) is 0 Å². The van der Waals surface area contributed by atoms with Gasteiger partial charge in [0, 0.05) is 13.2 Å². The number of hydrogen-bond donors (Lipinski definition) is 1. The van der Waals surface area contributed by atoms with Crippen LogP contribution in [-0.2, 0) is 4.79 Å². The van der Waals surface area contributed by atoms with E-state index in [0.29, 0.717) is 5.92 Å². The molecule has 2 atom stereocenters. The largest absolute Gasteiger partial charge is 0.396 e. The summed E-state index contributed by atoms with van der Waals surface area (Å²) < 4.78 is 0. The van der Waals surface area contributed by atoms with Crippen molar-refractivity contribution < 1.29 is 9.90 Å². The van der Waals surface area contributed by atoms with E-state index in [1.54, 1.807) is 0 Å². The van der Waals surface area contributed by atoms with Crippen LogP contribution in [0.25, 0.3) is 0 Å². The van der Waals surface area contributed by atoms with Crippen LogP contribution < -0.4 is 0 Å². The molecule has 2 unspecified atom stereocenters. The molecule has 3 nitrogen and oxygen atoms in total. The molecule has 1 saturated heterocycles. The number of rotatable bonds is 3. The molecule has 0 amide bonds. The molecule has 1 aliphatic heterocycles. The zero-order valence-corrected chi connectivity index (χ0v) is 6.86. The Hall–Kier alpha value is -0.410. The van der Waals surface area contributed by atoms with Gasteiger partial charge in [0.1, 0.15) is 6.29 Å². The van der Waals surface area contributed by atoms with Crippen molar-refractivity contribution in [3.05, 3.63) is 0 Å². The van der Waals surface area contributed by atoms with Crippen molar-refractivity contribution in [3.63, 3.8) is 0 Å². The smallest absolute Gasteiger partial charge is 0.136 e. The molecule has 11 heavy (non-hydrogen) atoms. The highest BCUT2D eigenvalue weighted by atomic mass is 16.3. The number of likely N-dealkylation sites (tertiary alicyclic amines) is 1. The van der Waals surface area contributed by atoms with Crippen molar-refractivity contribution in [2.75, 3.05) is 19.7 Å². The lowest BCUT2D eigenvalue weighted by Crippen LogP contribution is -2.32. The van der Waals surface area contributed by atoms with E-state index < -0.39 is 0 Å². The molecule has 1 heterocycles. The maximum Gasteiger partial charge on any atom is 0.136 e. The zero-order chi connectivity index (χ0) is 8.27. The van der Waals surface area contributed by atoms with E-state index in [1.165, 1.54) is 0 Å². The number of carbonyl (C=O) groups is 1. The van der Waals surface area contributed by atoms with Gasteiger partial charge in [-0.25, -0.2) is 0 Å². The standard InChI is InChI=1S/C8H15NO2/c1-7(5-10)9-3-2-8(4-9)6-11/h5,7-8,11H,2-4,6H2,1H3. The Morgan fingerprint density at radius 1 is 1.82 bits per heavy atom. The fourth-order valence-electron chi connectivity index (χ4n) is 1.47. The Kier molecular flexibility index (Phi) is 3.02. The minimum Gasteiger partial charge on any atom is -0.396 e. The third-order valence-corrected chi connectivity index (χ3v) is 2.35. The quantitative estimate of drug-likeness (QED) is 0.581. The number of aliphatic hydroxyl groups excluding tert-OH is 1. The van der Waals surface area contributed by atoms with Gasteiger partial charge in [-0.1, -0.05) is 0 Å². The predicted molar refractivity (Wildman–Crippen MR) is 42.3 cm³/mol. The first kappa shape index (κ1) is 8.68. The van der Waals surface area contributed by atoms with Gasteiger partial charge in [0.05, 0.1) is 6.04 Å². The highest BCUT2D eigenvalue weighted by Crippen LogP contribution is 2.16. The summed E-state index contributed by atoms with van der Waals surface area (Å²) in [7, 11) is 0. The van der Waals surface area contributed by atoms with Crippen LogP contribution in [0.1, 0.15) is 13.3 Å². The topological polar surface area (TPSA) is 40.5 Å². The molecule has 0 bridgehead atoms. The van der Waals surface area contributed by atoms with E-state index in [0.717, 1.165) is 25.8 Å². The zero-order valence-electron chi connectivity index (χ0n) is 6.86. The summed E-state index contributed by atoms with van der Waals surface area (Å²) in [6, 6.07) is 0.0200. The lowest BCUT2D eigenvalue weighted by Gasteiger charge is -2.18. The number of carbonyl (C=O) groups excluding carboxylic acids is 1. The molecule has 0 aromatic carbocycles. The Morgan fingerprint density at radius 3 is 3.00 bits per heavy atom. The molecule has 1 fully saturated rings. The van der Waals surface area contributed by atoms with Crippen molar-refractivity contribution in [3.8, 4) is 0 Å². The molecule has 0 radical (unpaired) electrons. The second-order valence-corrected chi connectivity index (χ2v) is 3.21. The van der Waals surface area contributed by atoms with Crippen LogP contribution in [0.15, 0.2) is 0 Å². The lowest BCUT2D eigenvalue weighted by atomic mass is 10.1. The van der Waals surface area contributed by atoms with Crippen LogP contribution in [-0.4, -0.2) is 42.0 Å². The maximum atomic E-state index is 10.4. The van der Waals surface area contributed by atoms with Crippen LogP contribution in [0.3, 0.4) is 0 Å². The fourth-order valence-corrected chi connectivity index (χ4v) is 1.47. The van der Waals surface area contributed by atoms with E-state index in [4.69, 9.17) is 5.11 Å². The van der Waals surface area contributed by atoms with Gasteiger partial charge in [0.2, 0.25) is 0 Å². The van der Waals surface area contributed by atoms with Crippen molar-refractivity contribution in [1.82, 2.24) is 4.90 Å². The molecular weight excluding hydrogens is 142 g/mol. The molecule has 1 rings (SSSR count). The van der Waals surface area contributed by atoms with E-state index >= 15 is 0 Å². The van der Waals surface area contributed by atoms with Crippen LogP contribution in [0.5, 0.6) is 0 Å². The molecule has 0 saturated carbocycles. The van der Waals surface area contributed by atoms with Crippen molar-refractivity contribution >= 4 is 6.29 Å². The second kappa shape index (κ2) is 3.83. The molecular formula is C8H15NO2. The first-order chi connectivity index (χ1) is 5.27. The maximum absolute atomic E-state index is 10.4. The molecule has 0 aromatic heterocycles. The minimum atomic E-state index is 0.0200. The normalized spacial score (nSPS) is 28.7. The van der Waals surface area contributed by atoms with Gasteiger partial charge in [-0.3, -0.25) is 4.90 Å². The van der Waals surface area contributed by atoms with Crippen LogP contribution >= 0.6 is 0 Å². The third kappa shape index (κ3) is 2.01. The number of aldehydes is 1. The number of nitrogens with zero attached hydrogens (tertiary/aromatic N) is 1. The van der Waals surface area contributed by atoms with Crippen LogP contribution in [0.4, 0.5) is 0 Å². The van der Waals surface area contributed by atoms with Gasteiger partial charge < -0.3 is 9.90 Å². The first-order valence-corrected chi connectivity index (χ1v) is 4.08. The number of hydrogen-bond acceptors (Lipinski definition) is 3. The summed E-state index contributed by atoms with van der Waals surface area (Å²) in [6.07, 6.45) is 1.98. The highest BCUT2D eigenvalue weighted by Gasteiger charge is 2.24. The molecule has 1 aliphatic rings. The van der Waals surface area contributed by atoms with E-state index in [-0.39, 0.29) is 12.6 Å². The summed E-state index contributed by atoms with van der Waals surface area (Å²) in [5, 5.41) is 8.82. The Labute approximate surface area is 67.0 Å². The molecule has 0 aromatic rings. The molecule has 64 valence electrons. The Balaban J connectivity index is 2.34. The van der Waals surface area contributed by atoms with E-state index in [2.05, 4.69) is 4.90 Å². The van der Waals surface area contributed by atoms with Gasteiger partial charge in [-0.15, -0.1) is 0 Å². The van der Waals surface area contributed by atoms with Crippen molar-refractivity contribution in [2.24, 2.45) is 5.92 Å². The SMILES string of the molecule is CC(C=O)N1CCC(CO)C1. The van der Waals surface area contributed by atoms with Crippen molar-refractivity contribution in [1.29, 1.82) is 0 Å². The third-order valence-electron chi connectivity index (χ3n) is 2.35. The monoisotopic (exact) mass is 157 g/mol. The summed E-state index contributed by atoms with van der Waals surface area (Å²) in [6.45, 7) is 3.97. The fraction of sp³-hybridized carbons (Fsp3) is 0.875. The first-order valence-electron chi connectivity index (χ1n) is 4.08. The van der Waals surface area contributed by atoms with Gasteiger partial charge in [-0.05, 0) is 25.8 Å². The highest BCUT2D eigenvalue weighted by molar-refractivity contribution is 5.56. The number of aliphatic hydroxyl groups is 1. The Bertz CT molecular complexity index is 138. The molecule has 0 spiro atoms. The Morgan fingerprint density at radius 2 is 2.55 bits per heavy atom. The average molecular weight is 157 g/mol. The average Bonchev–Trinajstić information content (AvgIpc) is 2.50.